The molecule has 0 aromatic heterocycles. The quantitative estimate of drug-likeness (QED) is 0.751. The zero-order chi connectivity index (χ0) is 10.7. The fourth-order valence-corrected chi connectivity index (χ4v) is 2.02. The van der Waals surface area contributed by atoms with Crippen molar-refractivity contribution in [1.29, 1.82) is 0 Å². The molecular formula is C10H17F2NO. The molecule has 1 saturated carbocycles. The van der Waals surface area contributed by atoms with Crippen molar-refractivity contribution in [2.75, 3.05) is 0 Å². The number of nitrogens with one attached hydrogen (secondary N) is 1. The number of halogens is 2. The number of rotatable bonds is 3. The molecule has 2 atom stereocenters. The van der Waals surface area contributed by atoms with Gasteiger partial charge < -0.3 is 5.32 Å². The molecule has 1 N–H and O–H groups in total. The van der Waals surface area contributed by atoms with Gasteiger partial charge in [-0.15, -0.1) is 0 Å². The van der Waals surface area contributed by atoms with Crippen LogP contribution in [0.2, 0.25) is 0 Å². The highest BCUT2D eigenvalue weighted by atomic mass is 19.3. The van der Waals surface area contributed by atoms with Gasteiger partial charge in [-0.3, -0.25) is 4.79 Å². The smallest absolute Gasteiger partial charge is 0.315 e. The van der Waals surface area contributed by atoms with Gasteiger partial charge in [0.15, 0.2) is 0 Å². The molecular weight excluding hydrogens is 188 g/mol. The molecule has 1 amide bonds. The van der Waals surface area contributed by atoms with Crippen molar-refractivity contribution in [3.05, 3.63) is 0 Å². The van der Waals surface area contributed by atoms with Crippen molar-refractivity contribution in [3.63, 3.8) is 0 Å². The highest BCUT2D eigenvalue weighted by Gasteiger charge is 2.29. The third-order valence-electron chi connectivity index (χ3n) is 2.96. The largest absolute Gasteiger partial charge is 0.348 e. The predicted molar refractivity (Wildman–Crippen MR) is 50.1 cm³/mol. The van der Waals surface area contributed by atoms with Crippen LogP contribution in [-0.2, 0) is 4.79 Å². The number of carbonyl (C=O) groups excluding carboxylic acids is 1. The molecule has 1 aliphatic rings. The second-order valence-corrected chi connectivity index (χ2v) is 4.32. The van der Waals surface area contributed by atoms with E-state index in [9.17, 15) is 13.6 Å². The first-order chi connectivity index (χ1) is 6.50. The van der Waals surface area contributed by atoms with E-state index in [0.717, 1.165) is 19.3 Å². The van der Waals surface area contributed by atoms with Gasteiger partial charge in [-0.1, -0.05) is 13.8 Å². The van der Waals surface area contributed by atoms with Crippen LogP contribution < -0.4 is 5.32 Å². The van der Waals surface area contributed by atoms with Crippen LogP contribution >= 0.6 is 0 Å². The number of alkyl halides is 2. The van der Waals surface area contributed by atoms with E-state index >= 15 is 0 Å². The molecule has 82 valence electrons. The molecule has 14 heavy (non-hydrogen) atoms. The number of carbonyl (C=O) groups is 1. The summed E-state index contributed by atoms with van der Waals surface area (Å²) < 4.78 is 23.9. The van der Waals surface area contributed by atoms with Gasteiger partial charge in [0.25, 0.3) is 5.91 Å². The van der Waals surface area contributed by atoms with E-state index < -0.39 is 12.3 Å². The Morgan fingerprint density at radius 1 is 1.36 bits per heavy atom. The summed E-state index contributed by atoms with van der Waals surface area (Å²) in [5.74, 6) is 0.0147. The standard InChI is InChI=1S/C10H17F2NO/c1-6(2)7-3-4-8(5-7)13-10(14)9(11)12/h6-9H,3-5H2,1-2H3,(H,13,14). The highest BCUT2D eigenvalue weighted by Crippen LogP contribution is 2.31. The zero-order valence-corrected chi connectivity index (χ0v) is 8.59. The molecule has 1 rings (SSSR count). The van der Waals surface area contributed by atoms with Gasteiger partial charge in [0.1, 0.15) is 0 Å². The molecule has 4 heteroatoms. The van der Waals surface area contributed by atoms with Crippen LogP contribution in [0.5, 0.6) is 0 Å². The molecule has 0 aliphatic heterocycles. The molecule has 0 saturated heterocycles. The maximum atomic E-state index is 11.9. The molecule has 2 unspecified atom stereocenters. The molecule has 2 nitrogen and oxygen atoms in total. The summed E-state index contributed by atoms with van der Waals surface area (Å²) in [5, 5.41) is 2.37. The van der Waals surface area contributed by atoms with Gasteiger partial charge in [0.05, 0.1) is 0 Å². The maximum absolute atomic E-state index is 11.9. The van der Waals surface area contributed by atoms with Crippen molar-refractivity contribution >= 4 is 5.91 Å². The molecule has 0 aromatic carbocycles. The summed E-state index contributed by atoms with van der Waals surface area (Å²) in [6, 6.07) is -0.0381. The van der Waals surface area contributed by atoms with Crippen molar-refractivity contribution in [1.82, 2.24) is 5.32 Å². The maximum Gasteiger partial charge on any atom is 0.315 e. The molecule has 1 aliphatic carbocycles. The monoisotopic (exact) mass is 205 g/mol. The van der Waals surface area contributed by atoms with Crippen molar-refractivity contribution in [2.45, 2.75) is 45.6 Å². The summed E-state index contributed by atoms with van der Waals surface area (Å²) in [4.78, 5) is 10.7. The first-order valence-electron chi connectivity index (χ1n) is 5.09. The van der Waals surface area contributed by atoms with E-state index in [-0.39, 0.29) is 6.04 Å². The number of hydrogen-bond donors (Lipinski definition) is 1. The lowest BCUT2D eigenvalue weighted by atomic mass is 9.94. The van der Waals surface area contributed by atoms with Crippen LogP contribution in [-0.4, -0.2) is 18.4 Å². The lowest BCUT2D eigenvalue weighted by Crippen LogP contribution is -2.37. The average Bonchev–Trinajstić information content (AvgIpc) is 2.52. The molecule has 1 fully saturated rings. The molecule has 0 aromatic rings. The van der Waals surface area contributed by atoms with E-state index in [4.69, 9.17) is 0 Å². The Morgan fingerprint density at radius 2 is 2.00 bits per heavy atom. The first kappa shape index (κ1) is 11.4. The molecule has 0 bridgehead atoms. The minimum atomic E-state index is -2.88. The molecule has 0 heterocycles. The summed E-state index contributed by atoms with van der Waals surface area (Å²) in [7, 11) is 0. The lowest BCUT2D eigenvalue weighted by Gasteiger charge is -2.15. The molecule has 0 radical (unpaired) electrons. The first-order valence-corrected chi connectivity index (χ1v) is 5.09. The van der Waals surface area contributed by atoms with Crippen molar-refractivity contribution < 1.29 is 13.6 Å². The Labute approximate surface area is 83.1 Å². The zero-order valence-electron chi connectivity index (χ0n) is 8.59. The lowest BCUT2D eigenvalue weighted by molar-refractivity contribution is -0.132. The van der Waals surface area contributed by atoms with Gasteiger partial charge in [0.2, 0.25) is 0 Å². The fourth-order valence-electron chi connectivity index (χ4n) is 2.02. The van der Waals surface area contributed by atoms with Crippen molar-refractivity contribution in [2.24, 2.45) is 11.8 Å². The van der Waals surface area contributed by atoms with Gasteiger partial charge in [-0.25, -0.2) is 0 Å². The Kier molecular flexibility index (Phi) is 3.84. The van der Waals surface area contributed by atoms with Crippen LogP contribution in [0.4, 0.5) is 8.78 Å². The van der Waals surface area contributed by atoms with Gasteiger partial charge in [-0.05, 0) is 31.1 Å². The van der Waals surface area contributed by atoms with Crippen LogP contribution in [0.15, 0.2) is 0 Å². The van der Waals surface area contributed by atoms with E-state index in [0.29, 0.717) is 11.8 Å². The summed E-state index contributed by atoms with van der Waals surface area (Å²) >= 11 is 0. The second kappa shape index (κ2) is 4.71. The minimum absolute atomic E-state index is 0.0381. The van der Waals surface area contributed by atoms with E-state index in [1.807, 2.05) is 0 Å². The van der Waals surface area contributed by atoms with Crippen LogP contribution in [0.25, 0.3) is 0 Å². The van der Waals surface area contributed by atoms with E-state index in [1.54, 1.807) is 0 Å². The number of hydrogen-bond acceptors (Lipinski definition) is 1. The number of amides is 1. The second-order valence-electron chi connectivity index (χ2n) is 4.32. The Morgan fingerprint density at radius 3 is 2.43 bits per heavy atom. The Bertz CT molecular complexity index is 206. The van der Waals surface area contributed by atoms with Gasteiger partial charge in [-0.2, -0.15) is 8.78 Å². The highest BCUT2D eigenvalue weighted by molar-refractivity contribution is 5.79. The summed E-state index contributed by atoms with van der Waals surface area (Å²) in [6.45, 7) is 4.25. The Balaban J connectivity index is 2.32. The van der Waals surface area contributed by atoms with Crippen LogP contribution in [0.3, 0.4) is 0 Å². The van der Waals surface area contributed by atoms with Gasteiger partial charge in [0, 0.05) is 6.04 Å². The summed E-state index contributed by atoms with van der Waals surface area (Å²) in [5.41, 5.74) is 0. The normalized spacial score (nSPS) is 27.3. The Hall–Kier alpha value is -0.670. The van der Waals surface area contributed by atoms with Crippen LogP contribution in [0.1, 0.15) is 33.1 Å². The third kappa shape index (κ3) is 2.93. The van der Waals surface area contributed by atoms with Gasteiger partial charge >= 0.3 is 6.43 Å². The summed E-state index contributed by atoms with van der Waals surface area (Å²) in [6.07, 6.45) is -0.170. The molecule has 0 spiro atoms. The van der Waals surface area contributed by atoms with Crippen molar-refractivity contribution in [3.8, 4) is 0 Å². The van der Waals surface area contributed by atoms with Crippen LogP contribution in [0, 0.1) is 11.8 Å². The topological polar surface area (TPSA) is 29.1 Å². The predicted octanol–water partition coefficient (Wildman–Crippen LogP) is 2.19. The minimum Gasteiger partial charge on any atom is -0.348 e. The fraction of sp³-hybridized carbons (Fsp3) is 0.900. The van der Waals surface area contributed by atoms with E-state index in [1.165, 1.54) is 0 Å². The third-order valence-corrected chi connectivity index (χ3v) is 2.96. The van der Waals surface area contributed by atoms with E-state index in [2.05, 4.69) is 19.2 Å². The SMILES string of the molecule is CC(C)C1CCC(NC(=O)C(F)F)C1. The average molecular weight is 205 g/mol.